The molecule has 0 spiro atoms. The molecule has 2 amide bonds. The van der Waals surface area contributed by atoms with Gasteiger partial charge in [-0.05, 0) is 49.1 Å². The highest BCUT2D eigenvalue weighted by molar-refractivity contribution is 5.93. The molecule has 1 saturated heterocycles. The molecule has 24 heavy (non-hydrogen) atoms. The first-order valence-electron chi connectivity index (χ1n) is 9.08. The zero-order valence-corrected chi connectivity index (χ0v) is 15.0. The molecule has 1 saturated carbocycles. The van der Waals surface area contributed by atoms with E-state index in [0.717, 1.165) is 18.5 Å². The summed E-state index contributed by atoms with van der Waals surface area (Å²) in [6, 6.07) is 8.23. The van der Waals surface area contributed by atoms with E-state index in [-0.39, 0.29) is 11.8 Å². The molecule has 1 aromatic carbocycles. The summed E-state index contributed by atoms with van der Waals surface area (Å²) in [6.45, 7) is 7.64. The summed E-state index contributed by atoms with van der Waals surface area (Å²) in [5.41, 5.74) is 1.63. The number of hydrogen-bond donors (Lipinski definition) is 1. The molecule has 1 aliphatic heterocycles. The van der Waals surface area contributed by atoms with Crippen LogP contribution >= 0.6 is 0 Å². The summed E-state index contributed by atoms with van der Waals surface area (Å²) in [4.78, 5) is 26.8. The summed E-state index contributed by atoms with van der Waals surface area (Å²) in [5.74, 6) is 1.19. The van der Waals surface area contributed by atoms with E-state index in [1.54, 1.807) is 4.90 Å². The molecule has 3 rings (SSSR count). The van der Waals surface area contributed by atoms with Crippen molar-refractivity contribution in [2.45, 2.75) is 57.9 Å². The summed E-state index contributed by atoms with van der Waals surface area (Å²) < 4.78 is 0. The maximum Gasteiger partial charge on any atom is 0.245 e. The normalized spacial score (nSPS) is 23.1. The van der Waals surface area contributed by atoms with Gasteiger partial charge in [0.05, 0.1) is 6.42 Å². The Labute approximate surface area is 144 Å². The van der Waals surface area contributed by atoms with Gasteiger partial charge in [-0.25, -0.2) is 0 Å². The molecule has 1 aromatic rings. The van der Waals surface area contributed by atoms with Crippen molar-refractivity contribution in [1.29, 1.82) is 0 Å². The predicted octanol–water partition coefficient (Wildman–Crippen LogP) is 2.87. The Morgan fingerprint density at radius 1 is 1.25 bits per heavy atom. The fraction of sp³-hybridized carbons (Fsp3) is 0.600. The van der Waals surface area contributed by atoms with Gasteiger partial charge in [0.2, 0.25) is 11.8 Å². The van der Waals surface area contributed by atoms with Crippen molar-refractivity contribution in [3.05, 3.63) is 35.4 Å². The quantitative estimate of drug-likeness (QED) is 0.873. The second-order valence-corrected chi connectivity index (χ2v) is 7.80. The van der Waals surface area contributed by atoms with Crippen LogP contribution in [-0.4, -0.2) is 35.3 Å². The van der Waals surface area contributed by atoms with E-state index in [1.807, 2.05) is 19.1 Å². The Balaban J connectivity index is 1.58. The zero-order chi connectivity index (χ0) is 17.3. The van der Waals surface area contributed by atoms with Crippen LogP contribution in [0.2, 0.25) is 0 Å². The molecule has 1 N–H and O–H groups in total. The Bertz CT molecular complexity index is 619. The van der Waals surface area contributed by atoms with Crippen LogP contribution in [0, 0.1) is 5.92 Å². The van der Waals surface area contributed by atoms with Crippen molar-refractivity contribution in [3.63, 3.8) is 0 Å². The Hall–Kier alpha value is -1.84. The maximum atomic E-state index is 12.6. The molecule has 0 aromatic heterocycles. The minimum atomic E-state index is -0.663. The van der Waals surface area contributed by atoms with Crippen LogP contribution in [-0.2, 0) is 16.0 Å². The lowest BCUT2D eigenvalue weighted by atomic mass is 9.84. The van der Waals surface area contributed by atoms with Gasteiger partial charge in [-0.2, -0.15) is 0 Å². The first-order chi connectivity index (χ1) is 11.4. The van der Waals surface area contributed by atoms with E-state index >= 15 is 0 Å². The van der Waals surface area contributed by atoms with E-state index in [4.69, 9.17) is 0 Å². The summed E-state index contributed by atoms with van der Waals surface area (Å²) >= 11 is 0. The Kier molecular flexibility index (Phi) is 4.66. The SMILES string of the molecule is CC(C)c1ccc(CC(=O)N2CCC2(C)C(=O)NCC2CC2)cc1. The van der Waals surface area contributed by atoms with Crippen molar-refractivity contribution in [1.82, 2.24) is 10.2 Å². The number of likely N-dealkylation sites (tertiary alicyclic amines) is 1. The maximum absolute atomic E-state index is 12.6. The van der Waals surface area contributed by atoms with Crippen molar-refractivity contribution < 1.29 is 9.59 Å². The van der Waals surface area contributed by atoms with Gasteiger partial charge >= 0.3 is 0 Å². The average Bonchev–Trinajstić information content (AvgIpc) is 3.35. The predicted molar refractivity (Wildman–Crippen MR) is 94.7 cm³/mol. The highest BCUT2D eigenvalue weighted by atomic mass is 16.2. The topological polar surface area (TPSA) is 49.4 Å². The molecular weight excluding hydrogens is 300 g/mol. The van der Waals surface area contributed by atoms with Crippen molar-refractivity contribution >= 4 is 11.8 Å². The third-order valence-corrected chi connectivity index (χ3v) is 5.46. The van der Waals surface area contributed by atoms with Crippen molar-refractivity contribution in [2.75, 3.05) is 13.1 Å². The third kappa shape index (κ3) is 3.47. The van der Waals surface area contributed by atoms with E-state index in [1.165, 1.54) is 18.4 Å². The van der Waals surface area contributed by atoms with Gasteiger partial charge in [-0.3, -0.25) is 9.59 Å². The highest BCUT2D eigenvalue weighted by Crippen LogP contribution is 2.32. The van der Waals surface area contributed by atoms with Gasteiger partial charge in [0.25, 0.3) is 0 Å². The zero-order valence-electron chi connectivity index (χ0n) is 15.0. The molecule has 2 aliphatic rings. The monoisotopic (exact) mass is 328 g/mol. The van der Waals surface area contributed by atoms with Gasteiger partial charge < -0.3 is 10.2 Å². The number of carbonyl (C=O) groups is 2. The van der Waals surface area contributed by atoms with Gasteiger partial charge in [0, 0.05) is 13.1 Å². The number of amides is 2. The fourth-order valence-electron chi connectivity index (χ4n) is 3.23. The van der Waals surface area contributed by atoms with Crippen LogP contribution in [0.4, 0.5) is 0 Å². The van der Waals surface area contributed by atoms with Crippen LogP contribution in [0.1, 0.15) is 57.1 Å². The van der Waals surface area contributed by atoms with E-state index in [2.05, 4.69) is 31.3 Å². The second-order valence-electron chi connectivity index (χ2n) is 7.80. The lowest BCUT2D eigenvalue weighted by Gasteiger charge is -2.49. The molecule has 0 bridgehead atoms. The van der Waals surface area contributed by atoms with E-state index in [0.29, 0.717) is 24.8 Å². The number of hydrogen-bond acceptors (Lipinski definition) is 2. The molecule has 0 radical (unpaired) electrons. The van der Waals surface area contributed by atoms with Crippen LogP contribution in [0.5, 0.6) is 0 Å². The van der Waals surface area contributed by atoms with Crippen molar-refractivity contribution in [2.24, 2.45) is 5.92 Å². The number of rotatable bonds is 6. The minimum Gasteiger partial charge on any atom is -0.354 e. The third-order valence-electron chi connectivity index (χ3n) is 5.46. The summed E-state index contributed by atoms with van der Waals surface area (Å²) in [5, 5.41) is 3.02. The van der Waals surface area contributed by atoms with Crippen LogP contribution in [0.15, 0.2) is 24.3 Å². The minimum absolute atomic E-state index is 0.00385. The van der Waals surface area contributed by atoms with Gasteiger partial charge in [-0.1, -0.05) is 38.1 Å². The molecule has 1 heterocycles. The second kappa shape index (κ2) is 6.58. The van der Waals surface area contributed by atoms with Crippen LogP contribution in [0.3, 0.4) is 0 Å². The molecular formula is C20H28N2O2. The number of nitrogens with one attached hydrogen (secondary N) is 1. The molecule has 4 heteroatoms. The molecule has 1 aliphatic carbocycles. The summed E-state index contributed by atoms with van der Waals surface area (Å²) in [6.07, 6.45) is 3.55. The first-order valence-corrected chi connectivity index (χ1v) is 9.08. The van der Waals surface area contributed by atoms with Gasteiger partial charge in [0.15, 0.2) is 0 Å². The molecule has 130 valence electrons. The Morgan fingerprint density at radius 2 is 1.92 bits per heavy atom. The molecule has 1 atom stereocenters. The van der Waals surface area contributed by atoms with Gasteiger partial charge in [0.1, 0.15) is 5.54 Å². The fourth-order valence-corrected chi connectivity index (χ4v) is 3.23. The highest BCUT2D eigenvalue weighted by Gasteiger charge is 2.49. The smallest absolute Gasteiger partial charge is 0.245 e. The van der Waals surface area contributed by atoms with E-state index in [9.17, 15) is 9.59 Å². The van der Waals surface area contributed by atoms with Gasteiger partial charge in [-0.15, -0.1) is 0 Å². The average molecular weight is 328 g/mol. The molecule has 4 nitrogen and oxygen atoms in total. The van der Waals surface area contributed by atoms with Crippen LogP contribution < -0.4 is 5.32 Å². The Morgan fingerprint density at radius 3 is 2.42 bits per heavy atom. The number of nitrogens with zero attached hydrogens (tertiary/aromatic N) is 1. The number of benzene rings is 1. The van der Waals surface area contributed by atoms with E-state index < -0.39 is 5.54 Å². The molecule has 1 unspecified atom stereocenters. The van der Waals surface area contributed by atoms with Crippen LogP contribution in [0.25, 0.3) is 0 Å². The first kappa shape index (κ1) is 17.0. The molecule has 2 fully saturated rings. The number of carbonyl (C=O) groups excluding carboxylic acids is 2. The van der Waals surface area contributed by atoms with Crippen molar-refractivity contribution in [3.8, 4) is 0 Å². The largest absolute Gasteiger partial charge is 0.354 e. The lowest BCUT2D eigenvalue weighted by molar-refractivity contribution is -0.157. The summed E-state index contributed by atoms with van der Waals surface area (Å²) in [7, 11) is 0. The standard InChI is InChI=1S/C20H28N2O2/c1-14(2)17-8-6-15(7-9-17)12-18(23)22-11-10-20(22,3)19(24)21-13-16-4-5-16/h6-9,14,16H,4-5,10-13H2,1-3H3,(H,21,24). The lowest BCUT2D eigenvalue weighted by Crippen LogP contribution is -2.67.